The lowest BCUT2D eigenvalue weighted by atomic mass is 9.79. The molecule has 2 fully saturated rings. The second-order valence-corrected chi connectivity index (χ2v) is 7.14. The zero-order valence-corrected chi connectivity index (χ0v) is 14.4. The van der Waals surface area contributed by atoms with Crippen LogP contribution in [0, 0.1) is 5.41 Å². The summed E-state index contributed by atoms with van der Waals surface area (Å²) in [4.78, 5) is 15.7. The van der Waals surface area contributed by atoms with Crippen molar-refractivity contribution in [3.63, 3.8) is 0 Å². The molecule has 1 atom stereocenters. The number of ether oxygens (including phenoxy) is 1. The maximum Gasteiger partial charge on any atom is 0.410 e. The van der Waals surface area contributed by atoms with Crippen LogP contribution in [0.1, 0.15) is 52.4 Å². The van der Waals surface area contributed by atoms with Crippen molar-refractivity contribution in [3.05, 3.63) is 0 Å². The number of halogens is 2. The van der Waals surface area contributed by atoms with E-state index >= 15 is 0 Å². The first kappa shape index (κ1) is 18.4. The van der Waals surface area contributed by atoms with Gasteiger partial charge in [-0.3, -0.25) is 4.90 Å². The maximum absolute atomic E-state index is 12.4. The van der Waals surface area contributed by atoms with Crippen LogP contribution in [0.4, 0.5) is 13.6 Å². The standard InChI is InChI=1S/C17H30F2N2O2/c1-3-5-6-7-14(4-2)23-16(22)21-12-17(13-21)8-9-20(11-17)10-15(18)19/h14-15H,3-13H2,1-2H3. The second-order valence-electron chi connectivity index (χ2n) is 7.14. The topological polar surface area (TPSA) is 32.8 Å². The van der Waals surface area contributed by atoms with E-state index in [1.54, 1.807) is 4.90 Å². The molecule has 0 radical (unpaired) electrons. The lowest BCUT2D eigenvalue weighted by Crippen LogP contribution is -2.60. The second kappa shape index (κ2) is 8.27. The summed E-state index contributed by atoms with van der Waals surface area (Å²) < 4.78 is 30.5. The van der Waals surface area contributed by atoms with Crippen LogP contribution in [0.25, 0.3) is 0 Å². The van der Waals surface area contributed by atoms with Crippen LogP contribution in [-0.2, 0) is 4.74 Å². The van der Waals surface area contributed by atoms with E-state index in [-0.39, 0.29) is 24.2 Å². The predicted octanol–water partition coefficient (Wildman–Crippen LogP) is 3.75. The SMILES string of the molecule is CCCCCC(CC)OC(=O)N1CC2(CCN(CC(F)F)C2)C1. The largest absolute Gasteiger partial charge is 0.446 e. The van der Waals surface area contributed by atoms with Gasteiger partial charge in [0.05, 0.1) is 6.54 Å². The molecule has 4 nitrogen and oxygen atoms in total. The molecule has 0 aromatic carbocycles. The van der Waals surface area contributed by atoms with Crippen LogP contribution >= 0.6 is 0 Å². The highest BCUT2D eigenvalue weighted by Crippen LogP contribution is 2.40. The molecule has 2 heterocycles. The molecule has 0 saturated carbocycles. The third-order valence-corrected chi connectivity index (χ3v) is 5.08. The van der Waals surface area contributed by atoms with Gasteiger partial charge in [-0.2, -0.15) is 0 Å². The summed E-state index contributed by atoms with van der Waals surface area (Å²) in [5.74, 6) is 0. The fourth-order valence-electron chi connectivity index (χ4n) is 3.71. The molecular weight excluding hydrogens is 302 g/mol. The van der Waals surface area contributed by atoms with Crippen LogP contribution in [0.3, 0.4) is 0 Å². The first-order valence-electron chi connectivity index (χ1n) is 8.94. The van der Waals surface area contributed by atoms with Gasteiger partial charge >= 0.3 is 6.09 Å². The van der Waals surface area contributed by atoms with Crippen molar-refractivity contribution in [1.82, 2.24) is 9.80 Å². The molecule has 1 amide bonds. The smallest absolute Gasteiger partial charge is 0.410 e. The van der Waals surface area contributed by atoms with E-state index in [1.807, 2.05) is 11.8 Å². The number of carbonyl (C=O) groups is 1. The number of amides is 1. The molecule has 0 bridgehead atoms. The molecule has 2 rings (SSSR count). The Bertz CT molecular complexity index is 387. The van der Waals surface area contributed by atoms with Gasteiger partial charge in [-0.05, 0) is 32.2 Å². The third kappa shape index (κ3) is 5.03. The van der Waals surface area contributed by atoms with E-state index < -0.39 is 6.43 Å². The molecule has 134 valence electrons. The van der Waals surface area contributed by atoms with Crippen LogP contribution in [-0.4, -0.2) is 61.1 Å². The Balaban J connectivity index is 1.70. The fraction of sp³-hybridized carbons (Fsp3) is 0.941. The van der Waals surface area contributed by atoms with Gasteiger partial charge < -0.3 is 9.64 Å². The summed E-state index contributed by atoms with van der Waals surface area (Å²) in [6, 6.07) is 0. The van der Waals surface area contributed by atoms with Crippen molar-refractivity contribution in [1.29, 1.82) is 0 Å². The van der Waals surface area contributed by atoms with Crippen LogP contribution in [0.15, 0.2) is 0 Å². The summed E-state index contributed by atoms with van der Waals surface area (Å²) in [5, 5.41) is 0. The summed E-state index contributed by atoms with van der Waals surface area (Å²) >= 11 is 0. The number of hydrogen-bond acceptors (Lipinski definition) is 3. The molecule has 0 aliphatic carbocycles. The quantitative estimate of drug-likeness (QED) is 0.635. The third-order valence-electron chi connectivity index (χ3n) is 5.08. The molecule has 6 heteroatoms. The lowest BCUT2D eigenvalue weighted by molar-refractivity contribution is -0.0175. The highest BCUT2D eigenvalue weighted by atomic mass is 19.3. The molecule has 0 aromatic rings. The zero-order chi connectivity index (χ0) is 16.9. The van der Waals surface area contributed by atoms with E-state index in [0.29, 0.717) is 26.2 Å². The predicted molar refractivity (Wildman–Crippen MR) is 85.8 cm³/mol. The van der Waals surface area contributed by atoms with Crippen molar-refractivity contribution < 1.29 is 18.3 Å². The Morgan fingerprint density at radius 2 is 1.96 bits per heavy atom. The Hall–Kier alpha value is -0.910. The highest BCUT2D eigenvalue weighted by molar-refractivity contribution is 5.69. The van der Waals surface area contributed by atoms with Crippen molar-refractivity contribution in [3.8, 4) is 0 Å². The number of carbonyl (C=O) groups excluding carboxylic acids is 1. The molecular formula is C17H30F2N2O2. The summed E-state index contributed by atoms with van der Waals surface area (Å²) in [6.07, 6.45) is 3.59. The molecule has 23 heavy (non-hydrogen) atoms. The van der Waals surface area contributed by atoms with E-state index in [9.17, 15) is 13.6 Å². The zero-order valence-electron chi connectivity index (χ0n) is 14.4. The first-order valence-corrected chi connectivity index (χ1v) is 8.94. The van der Waals surface area contributed by atoms with Gasteiger partial charge in [0.1, 0.15) is 6.10 Å². The minimum Gasteiger partial charge on any atom is -0.446 e. The normalized spacial score (nSPS) is 21.7. The van der Waals surface area contributed by atoms with Crippen molar-refractivity contribution >= 4 is 6.09 Å². The van der Waals surface area contributed by atoms with Crippen molar-refractivity contribution in [2.24, 2.45) is 5.41 Å². The summed E-state index contributed by atoms with van der Waals surface area (Å²) in [7, 11) is 0. The minimum absolute atomic E-state index is 0.00418. The molecule has 1 unspecified atom stereocenters. The monoisotopic (exact) mass is 332 g/mol. The number of alkyl halides is 2. The van der Waals surface area contributed by atoms with Gasteiger partial charge in [0, 0.05) is 25.0 Å². The van der Waals surface area contributed by atoms with Crippen LogP contribution in [0.5, 0.6) is 0 Å². The van der Waals surface area contributed by atoms with E-state index in [0.717, 1.165) is 32.1 Å². The number of hydrogen-bond donors (Lipinski definition) is 0. The van der Waals surface area contributed by atoms with Gasteiger partial charge in [-0.25, -0.2) is 13.6 Å². The van der Waals surface area contributed by atoms with Crippen molar-refractivity contribution in [2.75, 3.05) is 32.7 Å². The van der Waals surface area contributed by atoms with E-state index in [1.165, 1.54) is 6.42 Å². The Kier molecular flexibility index (Phi) is 6.62. The van der Waals surface area contributed by atoms with Crippen molar-refractivity contribution in [2.45, 2.75) is 64.9 Å². The van der Waals surface area contributed by atoms with Crippen LogP contribution < -0.4 is 0 Å². The number of likely N-dealkylation sites (tertiary alicyclic amines) is 2. The molecule has 2 saturated heterocycles. The van der Waals surface area contributed by atoms with Gasteiger partial charge in [0.25, 0.3) is 6.43 Å². The molecule has 0 aromatic heterocycles. The Morgan fingerprint density at radius 1 is 1.22 bits per heavy atom. The Labute approximate surface area is 138 Å². The van der Waals surface area contributed by atoms with Gasteiger partial charge in [0.2, 0.25) is 0 Å². The van der Waals surface area contributed by atoms with E-state index in [4.69, 9.17) is 4.74 Å². The first-order chi connectivity index (χ1) is 11.0. The van der Waals surface area contributed by atoms with E-state index in [2.05, 4.69) is 6.92 Å². The summed E-state index contributed by atoms with van der Waals surface area (Å²) in [5.41, 5.74) is 0.0256. The minimum atomic E-state index is -2.28. The van der Waals surface area contributed by atoms with Gasteiger partial charge in [0.15, 0.2) is 0 Å². The molecule has 2 aliphatic heterocycles. The van der Waals surface area contributed by atoms with Gasteiger partial charge in [-0.1, -0.05) is 26.7 Å². The average Bonchev–Trinajstić information content (AvgIpc) is 2.88. The fourth-order valence-corrected chi connectivity index (χ4v) is 3.71. The number of nitrogens with zero attached hydrogens (tertiary/aromatic N) is 2. The molecule has 0 N–H and O–H groups in total. The van der Waals surface area contributed by atoms with Crippen LogP contribution in [0.2, 0.25) is 0 Å². The highest BCUT2D eigenvalue weighted by Gasteiger charge is 2.50. The average molecular weight is 332 g/mol. The van der Waals surface area contributed by atoms with Gasteiger partial charge in [-0.15, -0.1) is 0 Å². The lowest BCUT2D eigenvalue weighted by Gasteiger charge is -2.47. The molecule has 2 aliphatic rings. The molecule has 1 spiro atoms. The summed E-state index contributed by atoms with van der Waals surface area (Å²) in [6.45, 7) is 6.73. The number of unbranched alkanes of at least 4 members (excludes halogenated alkanes) is 2. The maximum atomic E-state index is 12.4. The number of rotatable bonds is 8. The Morgan fingerprint density at radius 3 is 2.57 bits per heavy atom.